The second-order valence-electron chi connectivity index (χ2n) is 2.99. The third-order valence-corrected chi connectivity index (χ3v) is 3.81. The number of aromatic nitrogens is 1. The van der Waals surface area contributed by atoms with Gasteiger partial charge in [-0.3, -0.25) is 0 Å². The molecule has 0 atom stereocenters. The molecule has 0 bridgehead atoms. The van der Waals surface area contributed by atoms with E-state index in [2.05, 4.69) is 36.8 Å². The van der Waals surface area contributed by atoms with E-state index >= 15 is 0 Å². The van der Waals surface area contributed by atoms with Gasteiger partial charge in [0.25, 0.3) is 0 Å². The minimum Gasteiger partial charge on any atom is -0.240 e. The van der Waals surface area contributed by atoms with E-state index in [0.29, 0.717) is 5.15 Å². The number of rotatable bonds is 0. The van der Waals surface area contributed by atoms with Crippen LogP contribution in [-0.2, 0) is 0 Å². The fourth-order valence-electron chi connectivity index (χ4n) is 1.33. The number of hydrogen-bond donors (Lipinski definition) is 0. The van der Waals surface area contributed by atoms with Gasteiger partial charge in [-0.05, 0) is 35.0 Å². The van der Waals surface area contributed by atoms with E-state index in [4.69, 9.17) is 11.6 Å². The molecule has 0 fully saturated rings. The summed E-state index contributed by atoms with van der Waals surface area (Å²) in [6, 6.07) is 5.94. The van der Waals surface area contributed by atoms with Crippen LogP contribution in [-0.4, -0.2) is 4.98 Å². The zero-order valence-corrected chi connectivity index (χ0v) is 11.2. The van der Waals surface area contributed by atoms with Crippen molar-refractivity contribution >= 4 is 54.2 Å². The number of halogens is 3. The predicted octanol–water partition coefficient (Wildman–Crippen LogP) is 4.72. The molecule has 72 valence electrons. The maximum Gasteiger partial charge on any atom is 0.137 e. The van der Waals surface area contributed by atoms with E-state index in [1.54, 1.807) is 0 Å². The van der Waals surface area contributed by atoms with Crippen molar-refractivity contribution in [2.24, 2.45) is 0 Å². The molecule has 0 unspecified atom stereocenters. The van der Waals surface area contributed by atoms with Gasteiger partial charge < -0.3 is 0 Å². The van der Waals surface area contributed by atoms with Crippen LogP contribution >= 0.6 is 43.5 Å². The minimum atomic E-state index is 0.549. The lowest BCUT2D eigenvalue weighted by molar-refractivity contribution is 1.21. The van der Waals surface area contributed by atoms with Crippen LogP contribution in [0.3, 0.4) is 0 Å². The van der Waals surface area contributed by atoms with E-state index < -0.39 is 0 Å². The Kier molecular flexibility index (Phi) is 2.82. The van der Waals surface area contributed by atoms with Gasteiger partial charge in [0, 0.05) is 19.7 Å². The van der Waals surface area contributed by atoms with E-state index in [1.807, 2.05) is 25.1 Å². The summed E-state index contributed by atoms with van der Waals surface area (Å²) in [7, 11) is 0. The monoisotopic (exact) mass is 333 g/mol. The Bertz CT molecular complexity index is 511. The van der Waals surface area contributed by atoms with Crippen molar-refractivity contribution in [3.8, 4) is 0 Å². The van der Waals surface area contributed by atoms with Crippen LogP contribution in [0.15, 0.2) is 27.1 Å². The van der Waals surface area contributed by atoms with Crippen LogP contribution in [0, 0.1) is 6.92 Å². The van der Waals surface area contributed by atoms with Crippen molar-refractivity contribution in [1.29, 1.82) is 0 Å². The zero-order chi connectivity index (χ0) is 10.3. The van der Waals surface area contributed by atoms with Crippen LogP contribution in [0.1, 0.15) is 5.69 Å². The van der Waals surface area contributed by atoms with Gasteiger partial charge in [-0.1, -0.05) is 33.6 Å². The Morgan fingerprint density at radius 3 is 2.64 bits per heavy atom. The Morgan fingerprint density at radius 1 is 1.21 bits per heavy atom. The number of nitrogens with zero attached hydrogens (tertiary/aromatic N) is 1. The van der Waals surface area contributed by atoms with Gasteiger partial charge in [0.1, 0.15) is 5.15 Å². The number of hydrogen-bond acceptors (Lipinski definition) is 1. The van der Waals surface area contributed by atoms with Crippen molar-refractivity contribution in [2.75, 3.05) is 0 Å². The van der Waals surface area contributed by atoms with Gasteiger partial charge in [-0.25, -0.2) is 4.98 Å². The fraction of sp³-hybridized carbons (Fsp3) is 0.100. The first-order valence-electron chi connectivity index (χ1n) is 4.00. The molecule has 4 heteroatoms. The molecule has 1 aromatic carbocycles. The Morgan fingerprint density at radius 2 is 1.93 bits per heavy atom. The standard InChI is InChI=1S/C10H6Br2ClN/c1-5-9(12)8-4-6(11)2-3-7(8)10(13)14-5/h2-4H,1H3. The van der Waals surface area contributed by atoms with E-state index in [9.17, 15) is 0 Å². The number of pyridine rings is 1. The fourth-order valence-corrected chi connectivity index (χ4v) is 2.40. The van der Waals surface area contributed by atoms with Crippen LogP contribution in [0.4, 0.5) is 0 Å². The highest BCUT2D eigenvalue weighted by Crippen LogP contribution is 2.32. The predicted molar refractivity (Wildman–Crippen MR) is 66.9 cm³/mol. The van der Waals surface area contributed by atoms with Crippen molar-refractivity contribution in [2.45, 2.75) is 6.92 Å². The summed E-state index contributed by atoms with van der Waals surface area (Å²) < 4.78 is 2.03. The molecule has 0 saturated carbocycles. The van der Waals surface area contributed by atoms with Crippen LogP contribution in [0.2, 0.25) is 5.15 Å². The molecule has 0 saturated heterocycles. The molecular weight excluding hydrogens is 329 g/mol. The topological polar surface area (TPSA) is 12.9 Å². The number of fused-ring (bicyclic) bond motifs is 1. The summed E-state index contributed by atoms with van der Waals surface area (Å²) in [4.78, 5) is 4.23. The van der Waals surface area contributed by atoms with Crippen molar-refractivity contribution in [3.05, 3.63) is 38.0 Å². The molecule has 0 N–H and O–H groups in total. The second kappa shape index (κ2) is 3.80. The Labute approximate surface area is 104 Å². The van der Waals surface area contributed by atoms with E-state index in [-0.39, 0.29) is 0 Å². The van der Waals surface area contributed by atoms with E-state index in [0.717, 1.165) is 25.4 Å². The molecule has 0 aliphatic rings. The zero-order valence-electron chi connectivity index (χ0n) is 7.31. The molecule has 0 amide bonds. The lowest BCUT2D eigenvalue weighted by Crippen LogP contribution is -1.87. The van der Waals surface area contributed by atoms with Crippen LogP contribution < -0.4 is 0 Å². The van der Waals surface area contributed by atoms with Crippen molar-refractivity contribution in [1.82, 2.24) is 4.98 Å². The van der Waals surface area contributed by atoms with Crippen LogP contribution in [0.25, 0.3) is 10.8 Å². The van der Waals surface area contributed by atoms with Gasteiger partial charge in [-0.15, -0.1) is 0 Å². The molecule has 0 spiro atoms. The summed E-state index contributed by atoms with van der Waals surface area (Å²) in [6.07, 6.45) is 0. The van der Waals surface area contributed by atoms with Crippen LogP contribution in [0.5, 0.6) is 0 Å². The molecular formula is C10H6Br2ClN. The maximum atomic E-state index is 6.04. The maximum absolute atomic E-state index is 6.04. The average molecular weight is 335 g/mol. The largest absolute Gasteiger partial charge is 0.240 e. The average Bonchev–Trinajstić information content (AvgIpc) is 2.14. The van der Waals surface area contributed by atoms with Crippen molar-refractivity contribution < 1.29 is 0 Å². The molecule has 1 heterocycles. The first kappa shape index (κ1) is 10.4. The minimum absolute atomic E-state index is 0.549. The summed E-state index contributed by atoms with van der Waals surface area (Å²) in [6.45, 7) is 1.93. The quantitative estimate of drug-likeness (QED) is 0.635. The summed E-state index contributed by atoms with van der Waals surface area (Å²) in [5.74, 6) is 0. The van der Waals surface area contributed by atoms with Gasteiger partial charge in [0.05, 0.1) is 5.69 Å². The van der Waals surface area contributed by atoms with Gasteiger partial charge in [0.2, 0.25) is 0 Å². The first-order chi connectivity index (χ1) is 6.59. The summed E-state index contributed by atoms with van der Waals surface area (Å²) in [5.41, 5.74) is 0.903. The number of aryl methyl sites for hydroxylation is 1. The molecule has 1 nitrogen and oxygen atoms in total. The van der Waals surface area contributed by atoms with Gasteiger partial charge >= 0.3 is 0 Å². The molecule has 1 aromatic heterocycles. The normalized spacial score (nSPS) is 10.9. The molecule has 2 aromatic rings. The Balaban J connectivity index is 2.95. The molecule has 0 aliphatic heterocycles. The summed E-state index contributed by atoms with van der Waals surface area (Å²) >= 11 is 13.0. The van der Waals surface area contributed by atoms with Gasteiger partial charge in [-0.2, -0.15) is 0 Å². The van der Waals surface area contributed by atoms with E-state index in [1.165, 1.54) is 0 Å². The highest BCUT2D eigenvalue weighted by atomic mass is 79.9. The highest BCUT2D eigenvalue weighted by molar-refractivity contribution is 9.11. The SMILES string of the molecule is Cc1nc(Cl)c2ccc(Br)cc2c1Br. The first-order valence-corrected chi connectivity index (χ1v) is 5.97. The molecule has 0 aliphatic carbocycles. The third-order valence-electron chi connectivity index (χ3n) is 2.02. The highest BCUT2D eigenvalue weighted by Gasteiger charge is 2.07. The summed E-state index contributed by atoms with van der Waals surface area (Å²) in [5, 5.41) is 2.59. The molecule has 0 radical (unpaired) electrons. The van der Waals surface area contributed by atoms with Crippen molar-refractivity contribution in [3.63, 3.8) is 0 Å². The third kappa shape index (κ3) is 1.69. The lowest BCUT2D eigenvalue weighted by Gasteiger charge is -2.05. The van der Waals surface area contributed by atoms with Gasteiger partial charge in [0.15, 0.2) is 0 Å². The Hall–Kier alpha value is -0.120. The second-order valence-corrected chi connectivity index (χ2v) is 5.06. The lowest BCUT2D eigenvalue weighted by atomic mass is 10.1. The molecule has 2 rings (SSSR count). The molecule has 14 heavy (non-hydrogen) atoms. The smallest absolute Gasteiger partial charge is 0.137 e. The number of benzene rings is 1.